The van der Waals surface area contributed by atoms with E-state index in [0.29, 0.717) is 11.1 Å². The molecule has 0 saturated heterocycles. The molecule has 152 valence electrons. The molecule has 2 aromatic carbocycles. The van der Waals surface area contributed by atoms with Gasteiger partial charge in [0.05, 0.1) is 19.1 Å². The quantitative estimate of drug-likeness (QED) is 0.319. The number of methoxy groups -OCH3 is 1. The molecule has 0 aliphatic carbocycles. The maximum atomic E-state index is 12.3. The molecule has 0 unspecified atom stereocenters. The Morgan fingerprint density at radius 2 is 1.83 bits per heavy atom. The fourth-order valence-electron chi connectivity index (χ4n) is 3.01. The first kappa shape index (κ1) is 20.7. The second kappa shape index (κ2) is 9.47. The maximum Gasteiger partial charge on any atom is 0.337 e. The molecule has 0 bridgehead atoms. The smallest absolute Gasteiger partial charge is 0.337 e. The third-order valence-corrected chi connectivity index (χ3v) is 4.50. The Morgan fingerprint density at radius 3 is 2.53 bits per heavy atom. The van der Waals surface area contributed by atoms with Crippen molar-refractivity contribution in [2.24, 2.45) is 5.73 Å². The average Bonchev–Trinajstić information content (AvgIpc) is 2.77. The van der Waals surface area contributed by atoms with E-state index in [1.165, 1.54) is 7.11 Å². The summed E-state index contributed by atoms with van der Waals surface area (Å²) in [6.07, 6.45) is 3.53. The highest BCUT2D eigenvalue weighted by atomic mass is 16.5. The number of aromatic nitrogens is 1. The van der Waals surface area contributed by atoms with Gasteiger partial charge >= 0.3 is 5.97 Å². The molecule has 0 atom stereocenters. The molecule has 0 spiro atoms. The van der Waals surface area contributed by atoms with Crippen molar-refractivity contribution in [3.63, 3.8) is 0 Å². The number of hydrogen-bond acceptors (Lipinski definition) is 5. The van der Waals surface area contributed by atoms with Gasteiger partial charge in [0.1, 0.15) is 5.84 Å². The summed E-state index contributed by atoms with van der Waals surface area (Å²) in [6.45, 7) is 0.253. The highest BCUT2D eigenvalue weighted by molar-refractivity contribution is 5.96. The molecular weight excluding hydrogens is 380 g/mol. The number of nitrogens with two attached hydrogens (primary N) is 1. The molecule has 1 amide bonds. The maximum absolute atomic E-state index is 12.3. The number of nitrogens with zero attached hydrogens (tertiary/aromatic N) is 1. The third kappa shape index (κ3) is 5.29. The van der Waals surface area contributed by atoms with E-state index in [2.05, 4.69) is 10.3 Å². The Balaban J connectivity index is 1.84. The Labute approximate surface area is 174 Å². The van der Waals surface area contributed by atoms with Gasteiger partial charge in [-0.1, -0.05) is 24.3 Å². The van der Waals surface area contributed by atoms with Crippen LogP contribution < -0.4 is 11.1 Å². The average molecular weight is 402 g/mol. The van der Waals surface area contributed by atoms with Crippen LogP contribution in [0.5, 0.6) is 0 Å². The number of rotatable bonds is 7. The van der Waals surface area contributed by atoms with Gasteiger partial charge in [0.2, 0.25) is 5.91 Å². The standard InChI is InChI=1S/C23H22N4O3/c1-30-23(29)20-9-16(14-27-21(28)10-15-4-3-7-26-13-15)8-19(12-20)17-5-2-6-18(11-17)22(24)25/h2-9,11-13H,10,14H2,1H3,(H3,24,25)(H,27,28). The number of amidine groups is 1. The topological polar surface area (TPSA) is 118 Å². The predicted octanol–water partition coefficient (Wildman–Crippen LogP) is 2.68. The summed E-state index contributed by atoms with van der Waals surface area (Å²) < 4.78 is 4.86. The SMILES string of the molecule is COC(=O)c1cc(CNC(=O)Cc2cccnc2)cc(-c2cccc(C(=N)N)c2)c1. The summed E-state index contributed by atoms with van der Waals surface area (Å²) in [5.41, 5.74) is 9.69. The van der Waals surface area contributed by atoms with Crippen LogP contribution in [-0.4, -0.2) is 29.8 Å². The summed E-state index contributed by atoms with van der Waals surface area (Å²) in [5.74, 6) is -0.655. The highest BCUT2D eigenvalue weighted by Gasteiger charge is 2.12. The van der Waals surface area contributed by atoms with Gasteiger partial charge in [-0.2, -0.15) is 0 Å². The summed E-state index contributed by atoms with van der Waals surface area (Å²) in [7, 11) is 1.32. The van der Waals surface area contributed by atoms with Crippen LogP contribution in [0.25, 0.3) is 11.1 Å². The van der Waals surface area contributed by atoms with E-state index in [1.807, 2.05) is 18.2 Å². The molecule has 0 aliphatic rings. The van der Waals surface area contributed by atoms with Crippen molar-refractivity contribution in [1.29, 1.82) is 5.41 Å². The van der Waals surface area contributed by atoms with Gasteiger partial charge in [0.25, 0.3) is 0 Å². The number of esters is 1. The van der Waals surface area contributed by atoms with E-state index in [0.717, 1.165) is 22.3 Å². The summed E-state index contributed by atoms with van der Waals surface area (Å²) in [5, 5.41) is 10.5. The normalized spacial score (nSPS) is 10.3. The lowest BCUT2D eigenvalue weighted by Crippen LogP contribution is -2.24. The Bertz CT molecular complexity index is 1080. The lowest BCUT2D eigenvalue weighted by Gasteiger charge is -2.11. The monoisotopic (exact) mass is 402 g/mol. The second-order valence-electron chi connectivity index (χ2n) is 6.72. The molecule has 7 heteroatoms. The van der Waals surface area contributed by atoms with Crippen LogP contribution in [0.3, 0.4) is 0 Å². The van der Waals surface area contributed by atoms with Crippen LogP contribution in [0.4, 0.5) is 0 Å². The highest BCUT2D eigenvalue weighted by Crippen LogP contribution is 2.24. The molecule has 1 aromatic heterocycles. The number of carbonyl (C=O) groups excluding carboxylic acids is 2. The zero-order valence-corrected chi connectivity index (χ0v) is 16.5. The van der Waals surface area contributed by atoms with E-state index in [1.54, 1.807) is 48.8 Å². The summed E-state index contributed by atoms with van der Waals surface area (Å²) in [6, 6.07) is 16.1. The molecule has 30 heavy (non-hydrogen) atoms. The lowest BCUT2D eigenvalue weighted by atomic mass is 9.98. The van der Waals surface area contributed by atoms with Gasteiger partial charge in [-0.05, 0) is 52.6 Å². The van der Waals surface area contributed by atoms with Gasteiger partial charge in [-0.25, -0.2) is 4.79 Å². The Kier molecular flexibility index (Phi) is 6.54. The van der Waals surface area contributed by atoms with E-state index < -0.39 is 5.97 Å². The minimum atomic E-state index is -0.470. The van der Waals surface area contributed by atoms with Crippen molar-refractivity contribution in [3.8, 4) is 11.1 Å². The van der Waals surface area contributed by atoms with Crippen molar-refractivity contribution in [2.45, 2.75) is 13.0 Å². The van der Waals surface area contributed by atoms with E-state index in [4.69, 9.17) is 15.9 Å². The molecule has 0 aliphatic heterocycles. The predicted molar refractivity (Wildman–Crippen MR) is 114 cm³/mol. The molecule has 0 saturated carbocycles. The molecule has 4 N–H and O–H groups in total. The van der Waals surface area contributed by atoms with Crippen molar-refractivity contribution in [3.05, 3.63) is 89.2 Å². The number of amides is 1. The van der Waals surface area contributed by atoms with Crippen LogP contribution in [0.15, 0.2) is 67.0 Å². The first-order valence-corrected chi connectivity index (χ1v) is 9.29. The molecule has 0 radical (unpaired) electrons. The lowest BCUT2D eigenvalue weighted by molar-refractivity contribution is -0.120. The molecule has 0 fully saturated rings. The van der Waals surface area contributed by atoms with E-state index in [-0.39, 0.29) is 24.7 Å². The largest absolute Gasteiger partial charge is 0.465 e. The fourth-order valence-corrected chi connectivity index (χ4v) is 3.01. The summed E-state index contributed by atoms with van der Waals surface area (Å²) in [4.78, 5) is 28.4. The van der Waals surface area contributed by atoms with Crippen molar-refractivity contribution in [2.75, 3.05) is 7.11 Å². The van der Waals surface area contributed by atoms with Crippen LogP contribution >= 0.6 is 0 Å². The fraction of sp³-hybridized carbons (Fsp3) is 0.130. The number of benzene rings is 2. The van der Waals surface area contributed by atoms with Gasteiger partial charge in [-0.15, -0.1) is 0 Å². The van der Waals surface area contributed by atoms with Crippen LogP contribution in [0.2, 0.25) is 0 Å². The first-order valence-electron chi connectivity index (χ1n) is 9.29. The molecule has 3 aromatic rings. The zero-order chi connectivity index (χ0) is 21.5. The minimum Gasteiger partial charge on any atom is -0.465 e. The zero-order valence-electron chi connectivity index (χ0n) is 16.5. The number of hydrogen-bond donors (Lipinski definition) is 3. The summed E-state index contributed by atoms with van der Waals surface area (Å²) >= 11 is 0. The molecule has 7 nitrogen and oxygen atoms in total. The van der Waals surface area contributed by atoms with E-state index in [9.17, 15) is 9.59 Å². The van der Waals surface area contributed by atoms with E-state index >= 15 is 0 Å². The molecular formula is C23H22N4O3. The number of nitrogens with one attached hydrogen (secondary N) is 2. The second-order valence-corrected chi connectivity index (χ2v) is 6.72. The van der Waals surface area contributed by atoms with Crippen molar-refractivity contribution >= 4 is 17.7 Å². The van der Waals surface area contributed by atoms with Gasteiger partial charge in [0.15, 0.2) is 0 Å². The minimum absolute atomic E-state index is 0.0381. The first-order chi connectivity index (χ1) is 14.5. The van der Waals surface area contributed by atoms with Crippen LogP contribution in [0.1, 0.15) is 27.0 Å². The van der Waals surface area contributed by atoms with Crippen LogP contribution in [-0.2, 0) is 22.5 Å². The van der Waals surface area contributed by atoms with Crippen molar-refractivity contribution < 1.29 is 14.3 Å². The Hall–Kier alpha value is -4.00. The van der Waals surface area contributed by atoms with Gasteiger partial charge in [0, 0.05) is 24.5 Å². The van der Waals surface area contributed by atoms with Crippen LogP contribution in [0, 0.1) is 5.41 Å². The number of pyridine rings is 1. The van der Waals surface area contributed by atoms with Crippen molar-refractivity contribution in [1.82, 2.24) is 10.3 Å². The number of ether oxygens (including phenoxy) is 1. The Morgan fingerprint density at radius 1 is 1.03 bits per heavy atom. The third-order valence-electron chi connectivity index (χ3n) is 4.50. The van der Waals surface area contributed by atoms with Gasteiger partial charge < -0.3 is 15.8 Å². The molecule has 1 heterocycles. The van der Waals surface area contributed by atoms with Gasteiger partial charge in [-0.3, -0.25) is 15.2 Å². The molecule has 3 rings (SSSR count). The number of nitrogen functional groups attached to an aromatic ring is 1. The number of carbonyl (C=O) groups is 2.